The van der Waals surface area contributed by atoms with E-state index in [9.17, 15) is 9.59 Å². The summed E-state index contributed by atoms with van der Waals surface area (Å²) in [5, 5.41) is 11.4. The molecule has 8 heteroatoms. The van der Waals surface area contributed by atoms with Crippen LogP contribution in [-0.2, 0) is 6.54 Å². The largest absolute Gasteiger partial charge is 0.382 e. The summed E-state index contributed by atoms with van der Waals surface area (Å²) >= 11 is 0. The number of nitrogens with two attached hydrogens (primary N) is 1. The monoisotopic (exact) mass is 456 g/mol. The van der Waals surface area contributed by atoms with Gasteiger partial charge < -0.3 is 21.4 Å². The van der Waals surface area contributed by atoms with Crippen molar-refractivity contribution >= 4 is 22.9 Å². The van der Waals surface area contributed by atoms with Gasteiger partial charge in [-0.1, -0.05) is 30.3 Å². The summed E-state index contributed by atoms with van der Waals surface area (Å²) in [6.07, 6.45) is 9.04. The first-order chi connectivity index (χ1) is 16.5. The number of aromatic nitrogens is 3. The molecule has 1 aliphatic rings. The van der Waals surface area contributed by atoms with Crippen LogP contribution in [0.4, 0.5) is 5.82 Å². The molecule has 2 aromatic heterocycles. The van der Waals surface area contributed by atoms with Crippen molar-refractivity contribution in [1.82, 2.24) is 20.3 Å². The molecule has 0 spiro atoms. The molecule has 0 aliphatic heterocycles. The van der Waals surface area contributed by atoms with E-state index in [4.69, 9.17) is 11.1 Å². The number of hydrogen-bond acceptors (Lipinski definition) is 7. The van der Waals surface area contributed by atoms with Gasteiger partial charge in [0.2, 0.25) is 0 Å². The van der Waals surface area contributed by atoms with Crippen LogP contribution < -0.4 is 16.6 Å². The first-order valence-corrected chi connectivity index (χ1v) is 11.4. The minimum Gasteiger partial charge on any atom is -0.382 e. The first-order valence-electron chi connectivity index (χ1n) is 11.4. The summed E-state index contributed by atoms with van der Waals surface area (Å²) in [5.74, 6) is -0.360. The molecule has 1 aromatic carbocycles. The topological polar surface area (TPSA) is 138 Å². The van der Waals surface area contributed by atoms with Crippen molar-refractivity contribution in [2.45, 2.75) is 38.6 Å². The van der Waals surface area contributed by atoms with Crippen LogP contribution in [0.1, 0.15) is 59.3 Å². The van der Waals surface area contributed by atoms with Crippen LogP contribution >= 0.6 is 0 Å². The molecule has 5 N–H and O–H groups in total. The number of carbonyl (C=O) groups is 1. The number of nitrogen functional groups attached to an aromatic ring is 1. The van der Waals surface area contributed by atoms with Gasteiger partial charge in [0.15, 0.2) is 11.6 Å². The van der Waals surface area contributed by atoms with Gasteiger partial charge >= 0.3 is 0 Å². The standard InChI is InChI=1S/C26H28N6O2/c1-29-13-16-7-9-18(10-8-16)21(27)12-23(33)24-25(28)30-15-22(32-24)19-11-20(26(34)31-14-19)17-5-3-2-4-6-17/h5,7-11,14-15,27,29H,2-4,6,12-13H2,1H3,(H2,28,30)(H,31,34). The molecule has 3 aromatic rings. The lowest BCUT2D eigenvalue weighted by Crippen LogP contribution is -2.15. The summed E-state index contributed by atoms with van der Waals surface area (Å²) in [7, 11) is 1.87. The summed E-state index contributed by atoms with van der Waals surface area (Å²) in [5.41, 5.74) is 10.5. The van der Waals surface area contributed by atoms with E-state index < -0.39 is 0 Å². The molecule has 1 aliphatic carbocycles. The van der Waals surface area contributed by atoms with Crippen LogP contribution in [0.2, 0.25) is 0 Å². The molecule has 0 radical (unpaired) electrons. The minimum atomic E-state index is -0.379. The van der Waals surface area contributed by atoms with E-state index in [0.29, 0.717) is 22.4 Å². The first kappa shape index (κ1) is 23.3. The van der Waals surface area contributed by atoms with E-state index in [0.717, 1.165) is 43.4 Å². The highest BCUT2D eigenvalue weighted by atomic mass is 16.1. The maximum atomic E-state index is 13.0. The average Bonchev–Trinajstić information content (AvgIpc) is 2.86. The zero-order valence-electron chi connectivity index (χ0n) is 19.1. The summed E-state index contributed by atoms with van der Waals surface area (Å²) < 4.78 is 0. The van der Waals surface area contributed by atoms with Crippen LogP contribution in [0.5, 0.6) is 0 Å². The van der Waals surface area contributed by atoms with E-state index in [1.165, 1.54) is 6.20 Å². The van der Waals surface area contributed by atoms with E-state index in [1.807, 2.05) is 31.3 Å². The van der Waals surface area contributed by atoms with Crippen molar-refractivity contribution in [2.75, 3.05) is 12.8 Å². The molecule has 174 valence electrons. The Morgan fingerprint density at radius 3 is 2.74 bits per heavy atom. The molecule has 0 saturated heterocycles. The zero-order chi connectivity index (χ0) is 24.1. The number of pyridine rings is 1. The van der Waals surface area contributed by atoms with Gasteiger partial charge in [-0.25, -0.2) is 9.97 Å². The molecule has 0 unspecified atom stereocenters. The second-order valence-corrected chi connectivity index (χ2v) is 8.40. The Balaban J connectivity index is 1.57. The molecule has 0 bridgehead atoms. The maximum Gasteiger partial charge on any atom is 0.255 e. The van der Waals surface area contributed by atoms with Crippen LogP contribution in [-0.4, -0.2) is 33.5 Å². The predicted octanol–water partition coefficient (Wildman–Crippen LogP) is 3.73. The molecule has 0 amide bonds. The van der Waals surface area contributed by atoms with Crippen molar-refractivity contribution in [3.63, 3.8) is 0 Å². The van der Waals surface area contributed by atoms with Gasteiger partial charge in [-0.05, 0) is 55.5 Å². The number of ketones is 1. The fraction of sp³-hybridized carbons (Fsp3) is 0.269. The van der Waals surface area contributed by atoms with E-state index >= 15 is 0 Å². The van der Waals surface area contributed by atoms with Gasteiger partial charge in [-0.15, -0.1) is 0 Å². The molecule has 8 nitrogen and oxygen atoms in total. The lowest BCUT2D eigenvalue weighted by Gasteiger charge is -2.13. The van der Waals surface area contributed by atoms with Crippen molar-refractivity contribution in [2.24, 2.45) is 0 Å². The van der Waals surface area contributed by atoms with Crippen LogP contribution in [0, 0.1) is 5.41 Å². The third-order valence-electron chi connectivity index (χ3n) is 5.92. The van der Waals surface area contributed by atoms with Crippen molar-refractivity contribution < 1.29 is 4.79 Å². The Morgan fingerprint density at radius 2 is 2.03 bits per heavy atom. The lowest BCUT2D eigenvalue weighted by molar-refractivity contribution is 0.0996. The van der Waals surface area contributed by atoms with E-state index in [-0.39, 0.29) is 35.0 Å². The Bertz CT molecular complexity index is 1310. The molecular weight excluding hydrogens is 428 g/mol. The molecule has 2 heterocycles. The van der Waals surface area contributed by atoms with Gasteiger partial charge in [-0.3, -0.25) is 9.59 Å². The number of benzene rings is 1. The number of Topliss-reactive ketones (excluding diaryl/α,β-unsaturated/α-hetero) is 1. The number of anilines is 1. The highest BCUT2D eigenvalue weighted by Crippen LogP contribution is 2.27. The number of hydrogen-bond donors (Lipinski definition) is 4. The third-order valence-corrected chi connectivity index (χ3v) is 5.92. The Kier molecular flexibility index (Phi) is 7.08. The number of nitrogens with one attached hydrogen (secondary N) is 3. The number of rotatable bonds is 8. The number of aromatic amines is 1. The number of H-pyrrole nitrogens is 1. The van der Waals surface area contributed by atoms with Crippen LogP contribution in [0.15, 0.2) is 53.6 Å². The zero-order valence-corrected chi connectivity index (χ0v) is 19.1. The molecule has 0 fully saturated rings. The summed E-state index contributed by atoms with van der Waals surface area (Å²) in [4.78, 5) is 36.8. The highest BCUT2D eigenvalue weighted by Gasteiger charge is 2.18. The van der Waals surface area contributed by atoms with Gasteiger partial charge in [0.25, 0.3) is 5.56 Å². The number of allylic oxidation sites excluding steroid dienone is 2. The van der Waals surface area contributed by atoms with Gasteiger partial charge in [0.05, 0.1) is 18.3 Å². The van der Waals surface area contributed by atoms with Gasteiger partial charge in [0, 0.05) is 29.6 Å². The fourth-order valence-corrected chi connectivity index (χ4v) is 4.07. The lowest BCUT2D eigenvalue weighted by atomic mass is 9.93. The highest BCUT2D eigenvalue weighted by molar-refractivity contribution is 6.15. The average molecular weight is 457 g/mol. The van der Waals surface area contributed by atoms with Crippen molar-refractivity contribution in [1.29, 1.82) is 5.41 Å². The Morgan fingerprint density at radius 1 is 1.24 bits per heavy atom. The van der Waals surface area contributed by atoms with Gasteiger partial charge in [-0.2, -0.15) is 0 Å². The number of carbonyl (C=O) groups excluding carboxylic acids is 1. The van der Waals surface area contributed by atoms with E-state index in [1.54, 1.807) is 12.3 Å². The summed E-state index contributed by atoms with van der Waals surface area (Å²) in [6, 6.07) is 9.30. The van der Waals surface area contributed by atoms with Crippen molar-refractivity contribution in [3.05, 3.63) is 81.5 Å². The van der Waals surface area contributed by atoms with E-state index in [2.05, 4.69) is 26.3 Å². The second kappa shape index (κ2) is 10.4. The van der Waals surface area contributed by atoms with Crippen molar-refractivity contribution in [3.8, 4) is 11.3 Å². The fourth-order valence-electron chi connectivity index (χ4n) is 4.07. The molecule has 34 heavy (non-hydrogen) atoms. The van der Waals surface area contributed by atoms with Gasteiger partial charge in [0.1, 0.15) is 5.69 Å². The smallest absolute Gasteiger partial charge is 0.255 e. The maximum absolute atomic E-state index is 13.0. The molecule has 4 rings (SSSR count). The predicted molar refractivity (Wildman–Crippen MR) is 134 cm³/mol. The molecular formula is C26H28N6O2. The SMILES string of the molecule is CNCc1ccc(C(=N)CC(=O)c2nc(-c3c[nH]c(=O)c(C4=CCCCC4)c3)cnc2N)cc1. The number of nitrogens with zero attached hydrogens (tertiary/aromatic N) is 2. The Labute approximate surface area is 197 Å². The quantitative estimate of drug-likeness (QED) is 0.301. The molecule has 0 atom stereocenters. The summed E-state index contributed by atoms with van der Waals surface area (Å²) in [6.45, 7) is 0.731. The third kappa shape index (κ3) is 5.18. The molecule has 0 saturated carbocycles. The van der Waals surface area contributed by atoms with Crippen LogP contribution in [0.25, 0.3) is 16.8 Å². The normalized spacial score (nSPS) is 13.4. The Hall–Kier alpha value is -3.91. The van der Waals surface area contributed by atoms with Crippen LogP contribution in [0.3, 0.4) is 0 Å². The minimum absolute atomic E-state index is 0.0190. The second-order valence-electron chi connectivity index (χ2n) is 8.40.